The van der Waals surface area contributed by atoms with Gasteiger partial charge in [-0.2, -0.15) is 13.2 Å². The Labute approximate surface area is 127 Å². The van der Waals surface area contributed by atoms with Crippen LogP contribution in [-0.2, 0) is 22.5 Å². The van der Waals surface area contributed by atoms with E-state index < -0.39 is 18.8 Å². The van der Waals surface area contributed by atoms with Crippen LogP contribution in [0.4, 0.5) is 13.2 Å². The standard InChI is InChI=1S/C14H16F3NO2.ClH/c15-14(16,17)9-20-13(19)6-10-5-11-3-1-2-4-12(11)8-18-7-10;/h1-4,10,18H,5-9H2;1H. The fourth-order valence-electron chi connectivity index (χ4n) is 2.32. The van der Waals surface area contributed by atoms with Gasteiger partial charge in [0.2, 0.25) is 0 Å². The van der Waals surface area contributed by atoms with Gasteiger partial charge in [-0.3, -0.25) is 4.79 Å². The van der Waals surface area contributed by atoms with Crippen molar-refractivity contribution in [2.24, 2.45) is 5.92 Å². The Kier molecular flexibility index (Phi) is 6.48. The SMILES string of the molecule is Cl.O=C(CC1CNCc2ccccc2C1)OCC(F)(F)F. The summed E-state index contributed by atoms with van der Waals surface area (Å²) in [6.45, 7) is -0.206. The number of benzene rings is 1. The zero-order chi connectivity index (χ0) is 14.6. The summed E-state index contributed by atoms with van der Waals surface area (Å²) < 4.78 is 40.1. The number of rotatable bonds is 3. The van der Waals surface area contributed by atoms with Gasteiger partial charge in [0.05, 0.1) is 0 Å². The van der Waals surface area contributed by atoms with Gasteiger partial charge >= 0.3 is 12.1 Å². The summed E-state index contributed by atoms with van der Waals surface area (Å²) in [6, 6.07) is 7.85. The second kappa shape index (κ2) is 7.66. The largest absolute Gasteiger partial charge is 0.456 e. The van der Waals surface area contributed by atoms with Gasteiger partial charge in [-0.1, -0.05) is 24.3 Å². The second-order valence-electron chi connectivity index (χ2n) is 4.95. The first-order chi connectivity index (χ1) is 9.44. The number of nitrogens with one attached hydrogen (secondary N) is 1. The van der Waals surface area contributed by atoms with E-state index in [1.807, 2.05) is 24.3 Å². The van der Waals surface area contributed by atoms with E-state index >= 15 is 0 Å². The highest BCUT2D eigenvalue weighted by Crippen LogP contribution is 2.21. The van der Waals surface area contributed by atoms with E-state index in [1.54, 1.807) is 0 Å². The van der Waals surface area contributed by atoms with Gasteiger partial charge in [-0.15, -0.1) is 12.4 Å². The molecule has 1 unspecified atom stereocenters. The lowest BCUT2D eigenvalue weighted by Crippen LogP contribution is -2.26. The number of fused-ring (bicyclic) bond motifs is 1. The zero-order valence-electron chi connectivity index (χ0n) is 11.3. The smallest absolute Gasteiger partial charge is 0.422 e. The van der Waals surface area contributed by atoms with Gasteiger partial charge in [-0.05, 0) is 30.0 Å². The van der Waals surface area contributed by atoms with Crippen LogP contribution in [0.5, 0.6) is 0 Å². The van der Waals surface area contributed by atoms with Crippen LogP contribution < -0.4 is 5.32 Å². The van der Waals surface area contributed by atoms with Gasteiger partial charge in [-0.25, -0.2) is 0 Å². The second-order valence-corrected chi connectivity index (χ2v) is 4.95. The molecule has 0 radical (unpaired) electrons. The van der Waals surface area contributed by atoms with Gasteiger partial charge in [0.15, 0.2) is 6.61 Å². The summed E-state index contributed by atoms with van der Waals surface area (Å²) >= 11 is 0. The molecule has 0 spiro atoms. The monoisotopic (exact) mass is 323 g/mol. The first-order valence-corrected chi connectivity index (χ1v) is 6.44. The van der Waals surface area contributed by atoms with Gasteiger partial charge in [0.1, 0.15) is 0 Å². The minimum Gasteiger partial charge on any atom is -0.456 e. The highest BCUT2D eigenvalue weighted by atomic mass is 35.5. The lowest BCUT2D eigenvalue weighted by atomic mass is 9.95. The van der Waals surface area contributed by atoms with Crippen LogP contribution in [0.3, 0.4) is 0 Å². The van der Waals surface area contributed by atoms with Crippen molar-refractivity contribution in [1.82, 2.24) is 5.32 Å². The van der Waals surface area contributed by atoms with Gasteiger partial charge in [0.25, 0.3) is 0 Å². The summed E-state index contributed by atoms with van der Waals surface area (Å²) in [5.41, 5.74) is 2.30. The maximum atomic E-state index is 12.0. The Morgan fingerprint density at radius 2 is 1.95 bits per heavy atom. The number of halogens is 4. The van der Waals surface area contributed by atoms with Crippen molar-refractivity contribution in [3.63, 3.8) is 0 Å². The molecule has 1 aromatic rings. The topological polar surface area (TPSA) is 38.3 Å². The Bertz CT molecular complexity index is 480. The third-order valence-electron chi connectivity index (χ3n) is 3.23. The Balaban J connectivity index is 0.00000220. The summed E-state index contributed by atoms with van der Waals surface area (Å²) in [4.78, 5) is 11.4. The molecule has 7 heteroatoms. The molecule has 0 aromatic heterocycles. The molecule has 0 bridgehead atoms. The number of hydrogen-bond acceptors (Lipinski definition) is 3. The Hall–Kier alpha value is -1.27. The maximum Gasteiger partial charge on any atom is 0.422 e. The summed E-state index contributed by atoms with van der Waals surface area (Å²) in [7, 11) is 0. The molecule has 3 nitrogen and oxygen atoms in total. The highest BCUT2D eigenvalue weighted by molar-refractivity contribution is 5.85. The molecule has 0 saturated carbocycles. The van der Waals surface area contributed by atoms with Crippen molar-refractivity contribution in [2.45, 2.75) is 25.6 Å². The van der Waals surface area contributed by atoms with Gasteiger partial charge in [0, 0.05) is 13.0 Å². The number of hydrogen-bond donors (Lipinski definition) is 1. The molecular weight excluding hydrogens is 307 g/mol. The average molecular weight is 324 g/mol. The first kappa shape index (κ1) is 17.8. The third-order valence-corrected chi connectivity index (χ3v) is 3.23. The minimum atomic E-state index is -4.47. The van der Waals surface area contributed by atoms with Crippen LogP contribution in [0, 0.1) is 5.92 Å². The number of ether oxygens (including phenoxy) is 1. The van der Waals surface area contributed by atoms with Crippen molar-refractivity contribution < 1.29 is 22.7 Å². The Morgan fingerprint density at radius 3 is 2.62 bits per heavy atom. The van der Waals surface area contributed by atoms with E-state index in [0.717, 1.165) is 5.56 Å². The van der Waals surface area contributed by atoms with Crippen LogP contribution in [0.15, 0.2) is 24.3 Å². The predicted molar refractivity (Wildman–Crippen MR) is 74.2 cm³/mol. The molecule has 1 aliphatic rings. The van der Waals surface area contributed by atoms with E-state index in [0.29, 0.717) is 19.5 Å². The first-order valence-electron chi connectivity index (χ1n) is 6.44. The number of alkyl halides is 3. The molecule has 21 heavy (non-hydrogen) atoms. The molecular formula is C14H17ClF3NO2. The minimum absolute atomic E-state index is 0. The number of carbonyl (C=O) groups excluding carboxylic acids is 1. The quantitative estimate of drug-likeness (QED) is 0.869. The maximum absolute atomic E-state index is 12.0. The van der Waals surface area contributed by atoms with Crippen molar-refractivity contribution in [2.75, 3.05) is 13.2 Å². The molecule has 1 atom stereocenters. The highest BCUT2D eigenvalue weighted by Gasteiger charge is 2.30. The van der Waals surface area contributed by atoms with E-state index in [4.69, 9.17) is 0 Å². The normalized spacial score (nSPS) is 18.1. The van der Waals surface area contributed by atoms with Crippen molar-refractivity contribution in [1.29, 1.82) is 0 Å². The molecule has 1 N–H and O–H groups in total. The zero-order valence-corrected chi connectivity index (χ0v) is 12.1. The molecule has 118 valence electrons. The number of esters is 1. The molecule has 1 heterocycles. The van der Waals surface area contributed by atoms with E-state index in [2.05, 4.69) is 10.1 Å². The molecule has 0 amide bonds. The summed E-state index contributed by atoms with van der Waals surface area (Å²) in [5.74, 6) is -0.840. The van der Waals surface area contributed by atoms with E-state index in [9.17, 15) is 18.0 Å². The molecule has 1 aromatic carbocycles. The van der Waals surface area contributed by atoms with Crippen molar-refractivity contribution >= 4 is 18.4 Å². The Morgan fingerprint density at radius 1 is 1.29 bits per heavy atom. The number of carbonyl (C=O) groups is 1. The average Bonchev–Trinajstić information content (AvgIpc) is 2.57. The predicted octanol–water partition coefficient (Wildman–Crippen LogP) is 2.87. The third kappa shape index (κ3) is 5.93. The molecule has 0 aliphatic carbocycles. The van der Waals surface area contributed by atoms with Crippen LogP contribution >= 0.6 is 12.4 Å². The van der Waals surface area contributed by atoms with Crippen LogP contribution in [0.2, 0.25) is 0 Å². The van der Waals surface area contributed by atoms with Crippen molar-refractivity contribution in [3.05, 3.63) is 35.4 Å². The summed E-state index contributed by atoms with van der Waals surface area (Å²) in [6.07, 6.45) is -3.80. The fourth-order valence-corrected chi connectivity index (χ4v) is 2.32. The molecule has 1 aliphatic heterocycles. The molecule has 2 rings (SSSR count). The fraction of sp³-hybridized carbons (Fsp3) is 0.500. The van der Waals surface area contributed by atoms with E-state index in [-0.39, 0.29) is 24.7 Å². The summed E-state index contributed by atoms with van der Waals surface area (Å²) in [5, 5.41) is 3.20. The van der Waals surface area contributed by atoms with Crippen LogP contribution in [-0.4, -0.2) is 25.3 Å². The lowest BCUT2D eigenvalue weighted by Gasteiger charge is -2.14. The van der Waals surface area contributed by atoms with Crippen molar-refractivity contribution in [3.8, 4) is 0 Å². The van der Waals surface area contributed by atoms with Crippen LogP contribution in [0.1, 0.15) is 17.5 Å². The molecule has 0 saturated heterocycles. The molecule has 0 fully saturated rings. The van der Waals surface area contributed by atoms with Crippen LogP contribution in [0.25, 0.3) is 0 Å². The lowest BCUT2D eigenvalue weighted by molar-refractivity contribution is -0.186. The van der Waals surface area contributed by atoms with Gasteiger partial charge < -0.3 is 10.1 Å². The van der Waals surface area contributed by atoms with E-state index in [1.165, 1.54) is 5.56 Å².